The van der Waals surface area contributed by atoms with Crippen molar-refractivity contribution in [2.45, 2.75) is 24.9 Å². The molecule has 2 fully saturated rings. The topological polar surface area (TPSA) is 70.3 Å². The molecule has 0 saturated carbocycles. The SMILES string of the molecule is NCC(C1CCCN1)N1CCN(c2ncccn2)CC1. The molecule has 0 radical (unpaired) electrons. The van der Waals surface area contributed by atoms with E-state index in [1.807, 2.05) is 6.07 Å². The Morgan fingerprint density at radius 1 is 1.25 bits per heavy atom. The summed E-state index contributed by atoms with van der Waals surface area (Å²) in [6.07, 6.45) is 6.14. The Balaban J connectivity index is 1.57. The Morgan fingerprint density at radius 3 is 2.60 bits per heavy atom. The van der Waals surface area contributed by atoms with Gasteiger partial charge in [-0.3, -0.25) is 4.90 Å². The number of hydrogen-bond acceptors (Lipinski definition) is 6. The maximum absolute atomic E-state index is 6.01. The van der Waals surface area contributed by atoms with Crippen LogP contribution in [0.25, 0.3) is 0 Å². The summed E-state index contributed by atoms with van der Waals surface area (Å²) < 4.78 is 0. The fourth-order valence-electron chi connectivity index (χ4n) is 3.32. The molecule has 0 amide bonds. The summed E-state index contributed by atoms with van der Waals surface area (Å²) in [4.78, 5) is 13.4. The molecule has 2 aliphatic heterocycles. The van der Waals surface area contributed by atoms with Crippen LogP contribution in [0.1, 0.15) is 12.8 Å². The summed E-state index contributed by atoms with van der Waals surface area (Å²) in [6.45, 7) is 5.91. The lowest BCUT2D eigenvalue weighted by Crippen LogP contribution is -2.58. The summed E-state index contributed by atoms with van der Waals surface area (Å²) in [6, 6.07) is 2.89. The van der Waals surface area contributed by atoms with Gasteiger partial charge in [0.2, 0.25) is 5.95 Å². The van der Waals surface area contributed by atoms with Crippen LogP contribution in [0.2, 0.25) is 0 Å². The van der Waals surface area contributed by atoms with Crippen LogP contribution in [0.4, 0.5) is 5.95 Å². The highest BCUT2D eigenvalue weighted by atomic mass is 15.3. The van der Waals surface area contributed by atoms with E-state index in [0.717, 1.165) is 45.2 Å². The first-order valence-electron chi connectivity index (χ1n) is 7.58. The Morgan fingerprint density at radius 2 is 2.00 bits per heavy atom. The van der Waals surface area contributed by atoms with Crippen molar-refractivity contribution in [3.8, 4) is 0 Å². The van der Waals surface area contributed by atoms with Crippen LogP contribution in [0, 0.1) is 0 Å². The molecule has 3 heterocycles. The number of hydrogen-bond donors (Lipinski definition) is 2. The summed E-state index contributed by atoms with van der Waals surface area (Å²) >= 11 is 0. The average molecular weight is 276 g/mol. The van der Waals surface area contributed by atoms with Gasteiger partial charge < -0.3 is 16.0 Å². The zero-order valence-corrected chi connectivity index (χ0v) is 11.9. The Bertz CT molecular complexity index is 397. The Hall–Kier alpha value is -1.24. The van der Waals surface area contributed by atoms with Crippen LogP contribution in [-0.4, -0.2) is 66.2 Å². The first-order chi connectivity index (χ1) is 9.88. The molecular weight excluding hydrogens is 252 g/mol. The van der Waals surface area contributed by atoms with Gasteiger partial charge in [0.15, 0.2) is 0 Å². The monoisotopic (exact) mass is 276 g/mol. The van der Waals surface area contributed by atoms with Gasteiger partial charge in [-0.1, -0.05) is 0 Å². The fraction of sp³-hybridized carbons (Fsp3) is 0.714. The maximum Gasteiger partial charge on any atom is 0.225 e. The zero-order valence-electron chi connectivity index (χ0n) is 11.9. The van der Waals surface area contributed by atoms with Crippen molar-refractivity contribution in [3.05, 3.63) is 18.5 Å². The molecule has 6 nitrogen and oxygen atoms in total. The van der Waals surface area contributed by atoms with E-state index >= 15 is 0 Å². The van der Waals surface area contributed by atoms with Gasteiger partial charge in [-0.25, -0.2) is 9.97 Å². The molecular formula is C14H24N6. The molecule has 110 valence electrons. The third-order valence-corrected chi connectivity index (χ3v) is 4.42. The first kappa shape index (κ1) is 13.7. The lowest BCUT2D eigenvalue weighted by atomic mass is 10.0. The second-order valence-corrected chi connectivity index (χ2v) is 5.58. The number of anilines is 1. The molecule has 2 atom stereocenters. The zero-order chi connectivity index (χ0) is 13.8. The van der Waals surface area contributed by atoms with Crippen LogP contribution in [-0.2, 0) is 0 Å². The van der Waals surface area contributed by atoms with E-state index in [9.17, 15) is 0 Å². The van der Waals surface area contributed by atoms with Crippen molar-refractivity contribution in [3.63, 3.8) is 0 Å². The van der Waals surface area contributed by atoms with E-state index in [4.69, 9.17) is 5.73 Å². The van der Waals surface area contributed by atoms with Crippen molar-refractivity contribution in [2.24, 2.45) is 5.73 Å². The predicted molar refractivity (Wildman–Crippen MR) is 79.7 cm³/mol. The first-order valence-corrected chi connectivity index (χ1v) is 7.58. The molecule has 2 saturated heterocycles. The van der Waals surface area contributed by atoms with E-state index < -0.39 is 0 Å². The summed E-state index contributed by atoms with van der Waals surface area (Å²) in [5, 5.41) is 3.59. The third-order valence-electron chi connectivity index (χ3n) is 4.42. The second kappa shape index (κ2) is 6.47. The number of nitrogens with zero attached hydrogens (tertiary/aromatic N) is 4. The minimum Gasteiger partial charge on any atom is -0.338 e. The highest BCUT2D eigenvalue weighted by Crippen LogP contribution is 2.17. The largest absolute Gasteiger partial charge is 0.338 e. The van der Waals surface area contributed by atoms with Crippen LogP contribution in [0.3, 0.4) is 0 Å². The molecule has 0 spiro atoms. The quantitative estimate of drug-likeness (QED) is 0.785. The molecule has 6 heteroatoms. The number of rotatable bonds is 4. The lowest BCUT2D eigenvalue weighted by Gasteiger charge is -2.41. The molecule has 0 bridgehead atoms. The summed E-state index contributed by atoms with van der Waals surface area (Å²) in [5.74, 6) is 0.843. The van der Waals surface area contributed by atoms with Crippen molar-refractivity contribution in [1.82, 2.24) is 20.2 Å². The molecule has 1 aromatic heterocycles. The van der Waals surface area contributed by atoms with Crippen LogP contribution < -0.4 is 16.0 Å². The molecule has 0 aromatic carbocycles. The molecule has 3 N–H and O–H groups in total. The average Bonchev–Trinajstić information content (AvgIpc) is 3.04. The van der Waals surface area contributed by atoms with Crippen molar-refractivity contribution in [1.29, 1.82) is 0 Å². The molecule has 0 aliphatic carbocycles. The minimum absolute atomic E-state index is 0.469. The number of piperazine rings is 1. The fourth-order valence-corrected chi connectivity index (χ4v) is 3.32. The number of aromatic nitrogens is 2. The molecule has 3 rings (SSSR count). The highest BCUT2D eigenvalue weighted by Gasteiger charge is 2.31. The molecule has 1 aromatic rings. The molecule has 2 aliphatic rings. The van der Waals surface area contributed by atoms with Crippen molar-refractivity contribution < 1.29 is 0 Å². The minimum atomic E-state index is 0.469. The van der Waals surface area contributed by atoms with Gasteiger partial charge in [-0.2, -0.15) is 0 Å². The van der Waals surface area contributed by atoms with E-state index in [1.165, 1.54) is 12.8 Å². The number of nitrogens with one attached hydrogen (secondary N) is 1. The van der Waals surface area contributed by atoms with Crippen molar-refractivity contribution in [2.75, 3.05) is 44.2 Å². The van der Waals surface area contributed by atoms with Gasteiger partial charge >= 0.3 is 0 Å². The van der Waals surface area contributed by atoms with Gasteiger partial charge in [0.05, 0.1) is 0 Å². The summed E-state index contributed by atoms with van der Waals surface area (Å²) in [7, 11) is 0. The predicted octanol–water partition coefficient (Wildman–Crippen LogP) is -0.322. The van der Waals surface area contributed by atoms with Gasteiger partial charge in [0.25, 0.3) is 0 Å². The standard InChI is InChI=1S/C14H24N6/c15-11-13(12-3-1-4-16-12)19-7-9-20(10-8-19)14-17-5-2-6-18-14/h2,5-6,12-13,16H,1,3-4,7-11,15H2. The van der Waals surface area contributed by atoms with Gasteiger partial charge in [-0.05, 0) is 25.5 Å². The third kappa shape index (κ3) is 2.92. The van der Waals surface area contributed by atoms with E-state index in [1.54, 1.807) is 12.4 Å². The van der Waals surface area contributed by atoms with Crippen molar-refractivity contribution >= 4 is 5.95 Å². The van der Waals surface area contributed by atoms with Crippen LogP contribution >= 0.6 is 0 Å². The van der Waals surface area contributed by atoms with E-state index in [2.05, 4.69) is 25.1 Å². The Kier molecular flexibility index (Phi) is 4.44. The van der Waals surface area contributed by atoms with Crippen LogP contribution in [0.5, 0.6) is 0 Å². The van der Waals surface area contributed by atoms with Gasteiger partial charge in [0.1, 0.15) is 0 Å². The smallest absolute Gasteiger partial charge is 0.225 e. The maximum atomic E-state index is 6.01. The van der Waals surface area contributed by atoms with E-state index in [-0.39, 0.29) is 0 Å². The highest BCUT2D eigenvalue weighted by molar-refractivity contribution is 5.29. The molecule has 20 heavy (non-hydrogen) atoms. The number of nitrogens with two attached hydrogens (primary N) is 1. The van der Waals surface area contributed by atoms with Gasteiger partial charge in [-0.15, -0.1) is 0 Å². The molecule has 2 unspecified atom stereocenters. The lowest BCUT2D eigenvalue weighted by molar-refractivity contribution is 0.158. The summed E-state index contributed by atoms with van der Waals surface area (Å²) in [5.41, 5.74) is 6.01. The Labute approximate surface area is 120 Å². The van der Waals surface area contributed by atoms with Gasteiger partial charge in [0, 0.05) is 57.2 Å². The van der Waals surface area contributed by atoms with E-state index in [0.29, 0.717) is 12.1 Å². The second-order valence-electron chi connectivity index (χ2n) is 5.58. The normalized spacial score (nSPS) is 25.9. The van der Waals surface area contributed by atoms with Crippen LogP contribution in [0.15, 0.2) is 18.5 Å².